The Kier molecular flexibility index (Phi) is 4.60. The lowest BCUT2D eigenvalue weighted by molar-refractivity contribution is 0.0733. The number of benzene rings is 1. The van der Waals surface area contributed by atoms with Gasteiger partial charge in [-0.05, 0) is 56.2 Å². The fraction of sp³-hybridized carbons (Fsp3) is 0.227. The maximum atomic E-state index is 13.4. The van der Waals surface area contributed by atoms with Gasteiger partial charge in [-0.1, -0.05) is 23.7 Å². The number of nitrogens with zero attached hydrogens (tertiary/aromatic N) is 4. The van der Waals surface area contributed by atoms with E-state index in [4.69, 9.17) is 11.6 Å². The Hall–Kier alpha value is -2.70. The van der Waals surface area contributed by atoms with Crippen molar-refractivity contribution in [2.24, 2.45) is 0 Å². The molecule has 1 amide bonds. The molecule has 5 rings (SSSR count). The molecule has 1 fully saturated rings. The summed E-state index contributed by atoms with van der Waals surface area (Å²) in [5, 5.41) is 6.32. The summed E-state index contributed by atoms with van der Waals surface area (Å²) in [6.07, 6.45) is 3.88. The average Bonchev–Trinajstić information content (AvgIpc) is 3.39. The van der Waals surface area contributed by atoms with Gasteiger partial charge in [0.15, 0.2) is 0 Å². The molecule has 1 aliphatic rings. The smallest absolute Gasteiger partial charge is 0.264 e. The van der Waals surface area contributed by atoms with Crippen molar-refractivity contribution in [3.63, 3.8) is 0 Å². The molecule has 5 nitrogen and oxygen atoms in total. The molecule has 3 heterocycles. The molecule has 1 saturated carbocycles. The molecule has 3 aromatic heterocycles. The fourth-order valence-corrected chi connectivity index (χ4v) is 4.82. The maximum Gasteiger partial charge on any atom is 0.264 e. The van der Waals surface area contributed by atoms with Gasteiger partial charge in [0.25, 0.3) is 5.91 Å². The lowest BCUT2D eigenvalue weighted by Gasteiger charge is -2.21. The number of aromatic nitrogens is 3. The van der Waals surface area contributed by atoms with E-state index in [1.165, 1.54) is 11.3 Å². The summed E-state index contributed by atoms with van der Waals surface area (Å²) in [5.74, 6) is 0.0661. The molecule has 0 aliphatic heterocycles. The van der Waals surface area contributed by atoms with E-state index in [9.17, 15) is 4.79 Å². The first kappa shape index (κ1) is 18.3. The van der Waals surface area contributed by atoms with E-state index in [1.54, 1.807) is 6.20 Å². The van der Waals surface area contributed by atoms with Crippen LogP contribution in [0.1, 0.15) is 33.9 Å². The van der Waals surface area contributed by atoms with Gasteiger partial charge in [0, 0.05) is 22.6 Å². The predicted octanol–water partition coefficient (Wildman–Crippen LogP) is 5.25. The van der Waals surface area contributed by atoms with E-state index in [0.717, 1.165) is 45.0 Å². The quantitative estimate of drug-likeness (QED) is 0.441. The van der Waals surface area contributed by atoms with Gasteiger partial charge in [-0.2, -0.15) is 5.10 Å². The van der Waals surface area contributed by atoms with Crippen LogP contribution in [-0.2, 0) is 6.54 Å². The first-order valence-electron chi connectivity index (χ1n) is 9.56. The number of hydrogen-bond donors (Lipinski definition) is 0. The van der Waals surface area contributed by atoms with Gasteiger partial charge >= 0.3 is 0 Å². The molecule has 146 valence electrons. The Morgan fingerprint density at radius 1 is 1.24 bits per heavy atom. The topological polar surface area (TPSA) is 51.0 Å². The zero-order chi connectivity index (χ0) is 20.0. The number of fused-ring (bicyclic) bond motifs is 1. The molecule has 0 saturated heterocycles. The number of carbonyl (C=O) groups is 1. The van der Waals surface area contributed by atoms with Gasteiger partial charge < -0.3 is 4.90 Å². The number of thiophene rings is 1. The second kappa shape index (κ2) is 7.28. The van der Waals surface area contributed by atoms with E-state index in [2.05, 4.69) is 10.1 Å². The van der Waals surface area contributed by atoms with Gasteiger partial charge in [0.1, 0.15) is 4.83 Å². The van der Waals surface area contributed by atoms with E-state index in [1.807, 2.05) is 65.0 Å². The van der Waals surface area contributed by atoms with Crippen LogP contribution in [-0.4, -0.2) is 31.6 Å². The largest absolute Gasteiger partial charge is 0.329 e. The van der Waals surface area contributed by atoms with Gasteiger partial charge in [0.05, 0.1) is 28.5 Å². The Labute approximate surface area is 177 Å². The van der Waals surface area contributed by atoms with E-state index in [0.29, 0.717) is 17.6 Å². The summed E-state index contributed by atoms with van der Waals surface area (Å²) < 4.78 is 1.87. The van der Waals surface area contributed by atoms with Crippen molar-refractivity contribution in [3.8, 4) is 5.69 Å². The molecule has 7 heteroatoms. The number of pyridine rings is 1. The van der Waals surface area contributed by atoms with Crippen molar-refractivity contribution in [3.05, 3.63) is 76.0 Å². The number of carbonyl (C=O) groups excluding carboxylic acids is 1. The first-order chi connectivity index (χ1) is 14.1. The third-order valence-electron chi connectivity index (χ3n) is 5.12. The number of aryl methyl sites for hydroxylation is 1. The highest BCUT2D eigenvalue weighted by molar-refractivity contribution is 7.20. The van der Waals surface area contributed by atoms with Crippen molar-refractivity contribution in [2.75, 3.05) is 0 Å². The van der Waals surface area contributed by atoms with Crippen molar-refractivity contribution in [1.29, 1.82) is 0 Å². The summed E-state index contributed by atoms with van der Waals surface area (Å²) in [7, 11) is 0. The Balaban J connectivity index is 1.51. The van der Waals surface area contributed by atoms with Crippen molar-refractivity contribution in [1.82, 2.24) is 19.7 Å². The Morgan fingerprint density at radius 3 is 2.83 bits per heavy atom. The van der Waals surface area contributed by atoms with E-state index in [-0.39, 0.29) is 5.91 Å². The minimum Gasteiger partial charge on any atom is -0.329 e. The second-order valence-electron chi connectivity index (χ2n) is 7.29. The summed E-state index contributed by atoms with van der Waals surface area (Å²) in [5.41, 5.74) is 2.71. The highest BCUT2D eigenvalue weighted by Gasteiger charge is 2.34. The Bertz CT molecular complexity index is 1200. The lowest BCUT2D eigenvalue weighted by atomic mass is 10.2. The monoisotopic (exact) mass is 422 g/mol. The molecule has 4 aromatic rings. The zero-order valence-corrected chi connectivity index (χ0v) is 17.5. The molecule has 0 spiro atoms. The van der Waals surface area contributed by atoms with Gasteiger partial charge in [0.2, 0.25) is 0 Å². The van der Waals surface area contributed by atoms with Crippen LogP contribution < -0.4 is 0 Å². The summed E-state index contributed by atoms with van der Waals surface area (Å²) in [6, 6.07) is 15.7. The summed E-state index contributed by atoms with van der Waals surface area (Å²) in [4.78, 5) is 21.4. The Morgan fingerprint density at radius 2 is 2.10 bits per heavy atom. The van der Waals surface area contributed by atoms with Gasteiger partial charge in [-0.3, -0.25) is 9.78 Å². The normalized spacial score (nSPS) is 13.7. The second-order valence-corrected chi connectivity index (χ2v) is 8.76. The summed E-state index contributed by atoms with van der Waals surface area (Å²) in [6.45, 7) is 2.51. The molecular formula is C22H19ClN4OS. The van der Waals surface area contributed by atoms with Crippen molar-refractivity contribution >= 4 is 39.1 Å². The maximum absolute atomic E-state index is 13.4. The number of halogens is 1. The first-order valence-corrected chi connectivity index (χ1v) is 10.8. The molecule has 1 aliphatic carbocycles. The van der Waals surface area contributed by atoms with Crippen LogP contribution in [0.4, 0.5) is 0 Å². The third-order valence-corrected chi connectivity index (χ3v) is 6.45. The van der Waals surface area contributed by atoms with Gasteiger partial charge in [-0.15, -0.1) is 11.3 Å². The van der Waals surface area contributed by atoms with Crippen molar-refractivity contribution < 1.29 is 4.79 Å². The SMILES string of the molecule is Cc1nn(-c2cccc(Cl)c2)c2sc(C(=O)N(Cc3ccccn3)C3CC3)cc12. The van der Waals surface area contributed by atoms with Crippen LogP contribution in [0.3, 0.4) is 0 Å². The number of rotatable bonds is 5. The molecule has 1 aromatic carbocycles. The average molecular weight is 423 g/mol. The van der Waals surface area contributed by atoms with E-state index < -0.39 is 0 Å². The number of amides is 1. The van der Waals surface area contributed by atoms with Crippen LogP contribution >= 0.6 is 22.9 Å². The van der Waals surface area contributed by atoms with Crippen LogP contribution in [0, 0.1) is 6.92 Å². The molecular weight excluding hydrogens is 404 g/mol. The molecule has 29 heavy (non-hydrogen) atoms. The predicted molar refractivity (Wildman–Crippen MR) is 116 cm³/mol. The van der Waals surface area contributed by atoms with Crippen LogP contribution in [0.5, 0.6) is 0 Å². The molecule has 0 bridgehead atoms. The highest BCUT2D eigenvalue weighted by atomic mass is 35.5. The fourth-order valence-electron chi connectivity index (χ4n) is 3.50. The van der Waals surface area contributed by atoms with Gasteiger partial charge in [-0.25, -0.2) is 4.68 Å². The third kappa shape index (κ3) is 3.54. The lowest BCUT2D eigenvalue weighted by Crippen LogP contribution is -2.32. The minimum atomic E-state index is 0.0661. The highest BCUT2D eigenvalue weighted by Crippen LogP contribution is 2.35. The van der Waals surface area contributed by atoms with Crippen LogP contribution in [0.25, 0.3) is 15.9 Å². The van der Waals surface area contributed by atoms with E-state index >= 15 is 0 Å². The van der Waals surface area contributed by atoms with Crippen LogP contribution in [0.15, 0.2) is 54.7 Å². The molecule has 0 radical (unpaired) electrons. The summed E-state index contributed by atoms with van der Waals surface area (Å²) >= 11 is 7.65. The zero-order valence-electron chi connectivity index (χ0n) is 15.9. The molecule has 0 N–H and O–H groups in total. The van der Waals surface area contributed by atoms with Crippen molar-refractivity contribution in [2.45, 2.75) is 32.4 Å². The molecule has 0 unspecified atom stereocenters. The molecule has 0 atom stereocenters. The standard InChI is InChI=1S/C22H19ClN4OS/c1-14-19-12-20(29-22(19)27(25-14)18-7-4-5-15(23)11-18)21(28)26(17-8-9-17)13-16-6-2-3-10-24-16/h2-7,10-12,17H,8-9,13H2,1H3. The minimum absolute atomic E-state index is 0.0661. The number of hydrogen-bond acceptors (Lipinski definition) is 4. The van der Waals surface area contributed by atoms with Crippen LogP contribution in [0.2, 0.25) is 5.02 Å².